The van der Waals surface area contributed by atoms with Crippen LogP contribution in [0.4, 0.5) is 8.78 Å². The van der Waals surface area contributed by atoms with E-state index in [2.05, 4.69) is 17.2 Å². The van der Waals surface area contributed by atoms with E-state index in [1.54, 1.807) is 6.07 Å². The Balaban J connectivity index is 1.89. The number of ether oxygens (including phenoxy) is 1. The first-order chi connectivity index (χ1) is 10.6. The van der Waals surface area contributed by atoms with E-state index >= 15 is 0 Å². The van der Waals surface area contributed by atoms with Gasteiger partial charge >= 0.3 is 0 Å². The van der Waals surface area contributed by atoms with Crippen molar-refractivity contribution in [1.82, 2.24) is 10.3 Å². The molecule has 0 spiro atoms. The summed E-state index contributed by atoms with van der Waals surface area (Å²) in [4.78, 5) is 16.1. The second-order valence-corrected chi connectivity index (χ2v) is 5.89. The van der Waals surface area contributed by atoms with Crippen LogP contribution in [0.3, 0.4) is 0 Å². The summed E-state index contributed by atoms with van der Waals surface area (Å²) in [6, 6.07) is 3.12. The molecule has 1 fully saturated rings. The van der Waals surface area contributed by atoms with Crippen LogP contribution in [0.15, 0.2) is 18.3 Å². The number of hydrogen-bond donors (Lipinski definition) is 1. The highest BCUT2D eigenvalue weighted by Gasteiger charge is 2.20. The van der Waals surface area contributed by atoms with Gasteiger partial charge in [0, 0.05) is 12.7 Å². The third-order valence-electron chi connectivity index (χ3n) is 4.05. The Morgan fingerprint density at radius 2 is 2.14 bits per heavy atom. The number of halogens is 2. The number of amides is 1. The molecule has 0 saturated heterocycles. The maximum atomic E-state index is 12.2. The summed E-state index contributed by atoms with van der Waals surface area (Å²) in [5.41, 5.74) is 0.201. The van der Waals surface area contributed by atoms with Crippen molar-refractivity contribution >= 4 is 5.91 Å². The van der Waals surface area contributed by atoms with Crippen LogP contribution in [0.25, 0.3) is 0 Å². The van der Waals surface area contributed by atoms with Crippen molar-refractivity contribution in [2.45, 2.75) is 39.0 Å². The first-order valence-corrected chi connectivity index (χ1v) is 7.70. The van der Waals surface area contributed by atoms with Gasteiger partial charge in [-0.1, -0.05) is 19.8 Å². The minimum absolute atomic E-state index is 0.0439. The molecular formula is C16H22F2N2O2. The molecular weight excluding hydrogens is 290 g/mol. The molecule has 0 aliphatic heterocycles. The lowest BCUT2D eigenvalue weighted by molar-refractivity contribution is 0.0771. The molecule has 0 unspecified atom stereocenters. The number of nitrogens with one attached hydrogen (secondary N) is 1. The molecule has 1 aliphatic rings. The fourth-order valence-corrected chi connectivity index (χ4v) is 2.69. The molecule has 0 aromatic carbocycles. The second kappa shape index (κ2) is 8.06. The van der Waals surface area contributed by atoms with E-state index in [1.807, 2.05) is 0 Å². The Hall–Kier alpha value is -1.72. The summed E-state index contributed by atoms with van der Waals surface area (Å²) in [6.45, 7) is 2.09. The third kappa shape index (κ3) is 4.93. The zero-order valence-corrected chi connectivity index (χ0v) is 12.7. The van der Waals surface area contributed by atoms with Crippen LogP contribution >= 0.6 is 0 Å². The molecule has 4 nitrogen and oxygen atoms in total. The van der Waals surface area contributed by atoms with Crippen molar-refractivity contribution in [3.05, 3.63) is 23.9 Å². The van der Waals surface area contributed by atoms with Crippen LogP contribution in [0.1, 0.15) is 43.0 Å². The highest BCUT2D eigenvalue weighted by molar-refractivity contribution is 5.96. The maximum Gasteiger partial charge on any atom is 0.272 e. The van der Waals surface area contributed by atoms with Gasteiger partial charge in [-0.3, -0.25) is 4.79 Å². The van der Waals surface area contributed by atoms with Crippen LogP contribution in [-0.2, 0) is 0 Å². The number of pyridine rings is 1. The average molecular weight is 312 g/mol. The van der Waals surface area contributed by atoms with Crippen molar-refractivity contribution in [2.24, 2.45) is 11.8 Å². The molecule has 122 valence electrons. The lowest BCUT2D eigenvalue weighted by atomic mass is 9.83. The van der Waals surface area contributed by atoms with Gasteiger partial charge in [-0.2, -0.15) is 0 Å². The lowest BCUT2D eigenvalue weighted by Gasteiger charge is -2.26. The molecule has 0 bridgehead atoms. The molecule has 1 aromatic heterocycles. The monoisotopic (exact) mass is 312 g/mol. The molecule has 1 saturated carbocycles. The molecule has 1 heterocycles. The fraction of sp³-hybridized carbons (Fsp3) is 0.625. The van der Waals surface area contributed by atoms with Crippen LogP contribution in [0.2, 0.25) is 0 Å². The first-order valence-electron chi connectivity index (χ1n) is 7.70. The predicted octanol–water partition coefficient (Wildman–Crippen LogP) is 3.28. The Morgan fingerprint density at radius 1 is 1.41 bits per heavy atom. The topological polar surface area (TPSA) is 51.2 Å². The molecule has 1 aromatic rings. The minimum Gasteiger partial charge on any atom is -0.471 e. The van der Waals surface area contributed by atoms with Gasteiger partial charge in [-0.15, -0.1) is 0 Å². The van der Waals surface area contributed by atoms with Crippen molar-refractivity contribution in [1.29, 1.82) is 0 Å². The Morgan fingerprint density at radius 3 is 2.82 bits per heavy atom. The van der Waals surface area contributed by atoms with Crippen LogP contribution in [-0.4, -0.2) is 30.5 Å². The molecule has 6 heteroatoms. The first kappa shape index (κ1) is 16.6. The van der Waals surface area contributed by atoms with Crippen molar-refractivity contribution < 1.29 is 18.3 Å². The van der Waals surface area contributed by atoms with Gasteiger partial charge < -0.3 is 10.1 Å². The molecule has 2 rings (SSSR count). The molecule has 22 heavy (non-hydrogen) atoms. The molecule has 1 amide bonds. The van der Waals surface area contributed by atoms with E-state index < -0.39 is 13.0 Å². The highest BCUT2D eigenvalue weighted by Crippen LogP contribution is 2.27. The zero-order chi connectivity index (χ0) is 15.9. The van der Waals surface area contributed by atoms with Crippen LogP contribution in [0, 0.1) is 11.8 Å². The van der Waals surface area contributed by atoms with E-state index in [0.717, 1.165) is 18.8 Å². The van der Waals surface area contributed by atoms with E-state index in [0.29, 0.717) is 12.5 Å². The lowest BCUT2D eigenvalue weighted by Crippen LogP contribution is -2.31. The van der Waals surface area contributed by atoms with E-state index in [1.165, 1.54) is 25.1 Å². The van der Waals surface area contributed by atoms with Gasteiger partial charge in [-0.05, 0) is 36.8 Å². The fourth-order valence-electron chi connectivity index (χ4n) is 2.69. The number of rotatable bonds is 6. The smallest absolute Gasteiger partial charge is 0.272 e. The number of alkyl halides is 2. The Kier molecular flexibility index (Phi) is 6.10. The van der Waals surface area contributed by atoms with Gasteiger partial charge in [-0.25, -0.2) is 13.8 Å². The summed E-state index contributed by atoms with van der Waals surface area (Å²) in [6.07, 6.45) is 3.43. The quantitative estimate of drug-likeness (QED) is 0.877. The van der Waals surface area contributed by atoms with Crippen LogP contribution < -0.4 is 10.1 Å². The predicted molar refractivity (Wildman–Crippen MR) is 79.2 cm³/mol. The van der Waals surface area contributed by atoms with Crippen LogP contribution in [0.5, 0.6) is 5.88 Å². The molecule has 0 radical (unpaired) electrons. The van der Waals surface area contributed by atoms with E-state index in [-0.39, 0.29) is 17.4 Å². The summed E-state index contributed by atoms with van der Waals surface area (Å²) < 4.78 is 29.3. The third-order valence-corrected chi connectivity index (χ3v) is 4.05. The van der Waals surface area contributed by atoms with Gasteiger partial charge in [0.05, 0.1) is 0 Å². The largest absolute Gasteiger partial charge is 0.471 e. The van der Waals surface area contributed by atoms with Gasteiger partial charge in [0.25, 0.3) is 12.3 Å². The standard InChI is InChI=1S/C16H22F2N2O2/c1-11-4-6-12(7-5-11)9-20-15(21)13-3-2-8-19-16(13)22-10-14(17)18/h2-3,8,11-12,14H,4-7,9-10H2,1H3,(H,20,21). The Labute approximate surface area is 129 Å². The zero-order valence-electron chi connectivity index (χ0n) is 12.7. The van der Waals surface area contributed by atoms with E-state index in [4.69, 9.17) is 4.74 Å². The minimum atomic E-state index is -2.60. The van der Waals surface area contributed by atoms with Crippen molar-refractivity contribution in [2.75, 3.05) is 13.2 Å². The summed E-state index contributed by atoms with van der Waals surface area (Å²) in [7, 11) is 0. The number of carbonyl (C=O) groups is 1. The van der Waals surface area contributed by atoms with Gasteiger partial charge in [0.1, 0.15) is 5.56 Å². The Bertz CT molecular complexity index is 489. The molecule has 1 N–H and O–H groups in total. The summed E-state index contributed by atoms with van der Waals surface area (Å²) in [5, 5.41) is 2.87. The molecule has 1 aliphatic carbocycles. The summed E-state index contributed by atoms with van der Waals surface area (Å²) >= 11 is 0. The highest BCUT2D eigenvalue weighted by atomic mass is 19.3. The summed E-state index contributed by atoms with van der Waals surface area (Å²) in [5.74, 6) is 0.885. The number of nitrogens with zero attached hydrogens (tertiary/aromatic N) is 1. The normalized spacial score (nSPS) is 21.6. The van der Waals surface area contributed by atoms with Gasteiger partial charge in [0.2, 0.25) is 5.88 Å². The second-order valence-electron chi connectivity index (χ2n) is 5.89. The van der Waals surface area contributed by atoms with Gasteiger partial charge in [0.15, 0.2) is 6.61 Å². The van der Waals surface area contributed by atoms with Crippen molar-refractivity contribution in [3.63, 3.8) is 0 Å². The maximum absolute atomic E-state index is 12.2. The average Bonchev–Trinajstić information content (AvgIpc) is 2.52. The number of aromatic nitrogens is 1. The van der Waals surface area contributed by atoms with E-state index in [9.17, 15) is 13.6 Å². The van der Waals surface area contributed by atoms with Crippen molar-refractivity contribution in [3.8, 4) is 5.88 Å². The SMILES string of the molecule is CC1CCC(CNC(=O)c2cccnc2OCC(F)F)CC1. The number of hydrogen-bond acceptors (Lipinski definition) is 3. The number of carbonyl (C=O) groups excluding carboxylic acids is 1. The molecule has 0 atom stereocenters.